The van der Waals surface area contributed by atoms with Crippen LogP contribution in [0.15, 0.2) is 155 Å². The van der Waals surface area contributed by atoms with E-state index in [4.69, 9.17) is 18.1 Å². The number of hydrogen-bond donors (Lipinski definition) is 1. The van der Waals surface area contributed by atoms with Crippen molar-refractivity contribution in [3.05, 3.63) is 181 Å². The summed E-state index contributed by atoms with van der Waals surface area (Å²) in [6.07, 6.45) is 5.18. The maximum atomic E-state index is 12.6. The lowest BCUT2D eigenvalue weighted by Gasteiger charge is -2.08. The molecule has 0 bridgehead atoms. The molecule has 0 spiro atoms. The summed E-state index contributed by atoms with van der Waals surface area (Å²) in [5.74, 6) is 1.46. The number of para-hydroxylation sites is 2. The number of unbranched alkanes of at least 4 members (excludes halogenated alkanes) is 2. The molecule has 0 radical (unpaired) electrons. The van der Waals surface area contributed by atoms with Crippen LogP contribution in [0.25, 0.3) is 21.9 Å². The van der Waals surface area contributed by atoms with Crippen LogP contribution < -0.4 is 10.9 Å². The minimum atomic E-state index is -3.70. The molecule has 2 heterocycles. The van der Waals surface area contributed by atoms with Crippen LogP contribution in [0.4, 0.5) is 0 Å². The molecule has 1 N–H and O–H groups in total. The number of hydrogen-bond acceptors (Lipinski definition) is 10. The Balaban J connectivity index is 0.000000213. The Morgan fingerprint density at radius 1 is 0.550 bits per heavy atom. The molecule has 0 aliphatic rings. The average molecular weight is 863 g/mol. The van der Waals surface area contributed by atoms with Crippen LogP contribution in [0.3, 0.4) is 0 Å². The zero-order valence-corrected chi connectivity index (χ0v) is 36.6. The van der Waals surface area contributed by atoms with Crippen LogP contribution in [0, 0.1) is 20.8 Å². The molecular weight excluding hydrogens is 813 g/mol. The van der Waals surface area contributed by atoms with Crippen LogP contribution in [-0.2, 0) is 38.6 Å². The molecule has 60 heavy (non-hydrogen) atoms. The van der Waals surface area contributed by atoms with Gasteiger partial charge in [-0.3, -0.25) is 13.8 Å². The second-order valence-corrected chi connectivity index (χ2v) is 18.1. The van der Waals surface area contributed by atoms with Crippen LogP contribution in [0.5, 0.6) is 0 Å². The number of rotatable bonds is 17. The molecule has 7 rings (SSSR count). The quantitative estimate of drug-likeness (QED) is 0.0537. The first-order valence-electron chi connectivity index (χ1n) is 20.1. The Morgan fingerprint density at radius 2 is 0.983 bits per heavy atom. The minimum Gasteiger partial charge on any atom is -0.449 e. The first-order chi connectivity index (χ1) is 29.0. The van der Waals surface area contributed by atoms with Crippen LogP contribution in [0.1, 0.15) is 64.6 Å². The molecule has 2 aromatic heterocycles. The van der Waals surface area contributed by atoms with Gasteiger partial charge in [-0.2, -0.15) is 8.42 Å². The highest BCUT2D eigenvalue weighted by Gasteiger charge is 2.15. The molecule has 0 aliphatic heterocycles. The van der Waals surface area contributed by atoms with Gasteiger partial charge in [-0.25, -0.2) is 0 Å². The van der Waals surface area contributed by atoms with Crippen molar-refractivity contribution in [1.82, 2.24) is 0 Å². The smallest absolute Gasteiger partial charge is 0.296 e. The Bertz CT molecular complexity index is 2720. The van der Waals surface area contributed by atoms with Gasteiger partial charge in [0.2, 0.25) is 0 Å². The summed E-state index contributed by atoms with van der Waals surface area (Å²) < 4.78 is 41.5. The van der Waals surface area contributed by atoms with E-state index >= 15 is 0 Å². The van der Waals surface area contributed by atoms with Gasteiger partial charge >= 0.3 is 0 Å². The number of aryl methyl sites for hydroxylation is 3. The van der Waals surface area contributed by atoms with Gasteiger partial charge in [-0.15, -0.1) is 0 Å². The molecule has 5 aromatic carbocycles. The van der Waals surface area contributed by atoms with Crippen molar-refractivity contribution in [1.29, 1.82) is 0 Å². The Kier molecular flexibility index (Phi) is 16.0. The first kappa shape index (κ1) is 44.6. The zero-order valence-electron chi connectivity index (χ0n) is 34.1. The first-order valence-corrected chi connectivity index (χ1v) is 23.4. The standard InChI is InChI=1S/C28H28O5S2.C21H22O3S/c1-20-10-16-24(17-11-20)35(30,31)32-18-6-5-7-22-12-14-23(15-13-22)19-34-28-21(2)27(29)25-8-3-4-9-26(25)33-28;1-15-20(23)18-7-2-3-8-19(18)24-21(15)25-14-17-11-9-16(10-12-17)6-4-5-13-22/h3-4,8-17H,5-7,18-19H2,1-2H3;2-3,7-12,22H,4-6,13-14H2,1H3. The highest BCUT2D eigenvalue weighted by Crippen LogP contribution is 2.29. The average Bonchev–Trinajstić information content (AvgIpc) is 3.26. The van der Waals surface area contributed by atoms with E-state index in [1.54, 1.807) is 55.1 Å². The second kappa shape index (κ2) is 21.6. The maximum absolute atomic E-state index is 12.6. The van der Waals surface area contributed by atoms with E-state index in [9.17, 15) is 18.0 Å². The van der Waals surface area contributed by atoms with E-state index in [0.29, 0.717) is 55.4 Å². The molecule has 0 amide bonds. The van der Waals surface area contributed by atoms with Crippen molar-refractivity contribution in [2.75, 3.05) is 13.2 Å². The van der Waals surface area contributed by atoms with Crippen LogP contribution >= 0.6 is 23.5 Å². The van der Waals surface area contributed by atoms with Gasteiger partial charge < -0.3 is 13.9 Å². The SMILES string of the molecule is Cc1c(SCc2ccc(CCCCO)cc2)oc2ccccc2c1=O.Cc1ccc(S(=O)(=O)OCCCCc2ccc(CSc3oc4ccccc4c(=O)c3C)cc2)cc1. The lowest BCUT2D eigenvalue weighted by molar-refractivity contribution is 0.284. The molecule has 0 saturated carbocycles. The summed E-state index contributed by atoms with van der Waals surface area (Å²) in [5, 5.41) is 11.4. The summed E-state index contributed by atoms with van der Waals surface area (Å²) in [6.45, 7) is 5.96. The van der Waals surface area contributed by atoms with Crippen molar-refractivity contribution in [3.8, 4) is 0 Å². The van der Waals surface area contributed by atoms with Crippen LogP contribution in [-0.4, -0.2) is 26.7 Å². The summed E-state index contributed by atoms with van der Waals surface area (Å²) >= 11 is 3.08. The molecule has 11 heteroatoms. The Labute approximate surface area is 360 Å². The van der Waals surface area contributed by atoms with E-state index in [0.717, 1.165) is 49.0 Å². The van der Waals surface area contributed by atoms with Crippen LogP contribution in [0.2, 0.25) is 0 Å². The van der Waals surface area contributed by atoms with Gasteiger partial charge in [0.15, 0.2) is 21.0 Å². The van der Waals surface area contributed by atoms with E-state index in [2.05, 4.69) is 48.5 Å². The monoisotopic (exact) mass is 862 g/mol. The molecule has 0 saturated heterocycles. The maximum Gasteiger partial charge on any atom is 0.296 e. The van der Waals surface area contributed by atoms with Gasteiger partial charge in [-0.05, 0) is 118 Å². The van der Waals surface area contributed by atoms with Crippen molar-refractivity contribution in [2.45, 2.75) is 85.9 Å². The Morgan fingerprint density at radius 3 is 1.45 bits per heavy atom. The lowest BCUT2D eigenvalue weighted by atomic mass is 10.1. The largest absolute Gasteiger partial charge is 0.449 e. The third kappa shape index (κ3) is 12.1. The minimum absolute atomic E-state index is 0.0142. The van der Waals surface area contributed by atoms with E-state index in [-0.39, 0.29) is 29.0 Å². The third-order valence-electron chi connectivity index (χ3n) is 10.0. The Hall–Kier alpha value is -4.91. The molecule has 0 aliphatic carbocycles. The summed E-state index contributed by atoms with van der Waals surface area (Å²) in [4.78, 5) is 25.2. The van der Waals surface area contributed by atoms with Crippen molar-refractivity contribution >= 4 is 55.6 Å². The lowest BCUT2D eigenvalue weighted by Crippen LogP contribution is -2.07. The summed E-state index contributed by atoms with van der Waals surface area (Å²) in [7, 11) is -3.70. The summed E-state index contributed by atoms with van der Waals surface area (Å²) in [5.41, 5.74) is 8.43. The molecule has 0 unspecified atom stereocenters. The number of aliphatic hydroxyl groups is 1. The topological polar surface area (TPSA) is 124 Å². The number of fused-ring (bicyclic) bond motifs is 2. The zero-order chi connectivity index (χ0) is 42.5. The van der Waals surface area contributed by atoms with Gasteiger partial charge in [0.05, 0.1) is 22.3 Å². The highest BCUT2D eigenvalue weighted by atomic mass is 32.2. The van der Waals surface area contributed by atoms with E-state index in [1.807, 2.05) is 50.2 Å². The predicted molar refractivity (Wildman–Crippen MR) is 244 cm³/mol. The molecule has 0 fully saturated rings. The van der Waals surface area contributed by atoms with Gasteiger partial charge in [0, 0.05) is 29.2 Å². The van der Waals surface area contributed by atoms with Crippen molar-refractivity contribution in [3.63, 3.8) is 0 Å². The summed E-state index contributed by atoms with van der Waals surface area (Å²) in [6, 6.07) is 38.2. The van der Waals surface area contributed by atoms with Gasteiger partial charge in [-0.1, -0.05) is 114 Å². The van der Waals surface area contributed by atoms with E-state index in [1.165, 1.54) is 28.5 Å². The number of benzene rings is 5. The van der Waals surface area contributed by atoms with Gasteiger partial charge in [0.1, 0.15) is 11.2 Å². The molecular formula is C49H50O8S3. The molecule has 312 valence electrons. The van der Waals surface area contributed by atoms with Crippen molar-refractivity contribution < 1.29 is 26.5 Å². The fraction of sp³-hybridized carbons (Fsp3) is 0.265. The molecule has 7 aromatic rings. The fourth-order valence-corrected chi connectivity index (χ4v) is 9.26. The van der Waals surface area contributed by atoms with Gasteiger partial charge in [0.25, 0.3) is 10.1 Å². The molecule has 8 nitrogen and oxygen atoms in total. The van der Waals surface area contributed by atoms with E-state index < -0.39 is 10.1 Å². The second-order valence-electron chi connectivity index (χ2n) is 14.6. The third-order valence-corrected chi connectivity index (χ3v) is 13.6. The highest BCUT2D eigenvalue weighted by molar-refractivity contribution is 7.98. The predicted octanol–water partition coefficient (Wildman–Crippen LogP) is 11.1. The molecule has 0 atom stereocenters. The number of thioether (sulfide) groups is 2. The van der Waals surface area contributed by atoms with Crippen molar-refractivity contribution in [2.24, 2.45) is 0 Å². The normalized spacial score (nSPS) is 11.5. The number of aliphatic hydroxyl groups excluding tert-OH is 1. The fourth-order valence-electron chi connectivity index (χ4n) is 6.42.